The van der Waals surface area contributed by atoms with Crippen LogP contribution in [0.3, 0.4) is 0 Å². The summed E-state index contributed by atoms with van der Waals surface area (Å²) in [5.74, 6) is 2.22. The third-order valence-corrected chi connectivity index (χ3v) is 5.83. The Balaban J connectivity index is 0.00000432. The van der Waals surface area contributed by atoms with Crippen molar-refractivity contribution < 1.29 is 28.3 Å². The van der Waals surface area contributed by atoms with E-state index in [0.29, 0.717) is 45.6 Å². The number of aromatic nitrogens is 1. The van der Waals surface area contributed by atoms with Crippen LogP contribution in [0.25, 0.3) is 22.5 Å². The number of halogens is 1. The van der Waals surface area contributed by atoms with Crippen molar-refractivity contribution in [3.63, 3.8) is 0 Å². The van der Waals surface area contributed by atoms with Gasteiger partial charge in [-0.25, -0.2) is 0 Å². The summed E-state index contributed by atoms with van der Waals surface area (Å²) < 4.78 is 27.4. The molecule has 1 aromatic heterocycles. The highest BCUT2D eigenvalue weighted by atomic mass is 35.5. The van der Waals surface area contributed by atoms with Gasteiger partial charge in [0.25, 0.3) is 0 Å². The summed E-state index contributed by atoms with van der Waals surface area (Å²) in [7, 11) is 6.18. The van der Waals surface area contributed by atoms with Gasteiger partial charge in [0.15, 0.2) is 17.3 Å². The van der Waals surface area contributed by atoms with Crippen LogP contribution in [0.15, 0.2) is 41.1 Å². The summed E-state index contributed by atoms with van der Waals surface area (Å²) >= 11 is 0. The number of hydrogen-bond acceptors (Lipinski definition) is 8. The molecule has 1 heterocycles. The molecule has 0 saturated heterocycles. The Kier molecular flexibility index (Phi) is 9.79. The van der Waals surface area contributed by atoms with Crippen molar-refractivity contribution in [3.05, 3.63) is 36.5 Å². The molecule has 3 N–H and O–H groups in total. The lowest BCUT2D eigenvalue weighted by Crippen LogP contribution is -2.40. The van der Waals surface area contributed by atoms with Crippen LogP contribution in [0.2, 0.25) is 0 Å². The molecule has 35 heavy (non-hydrogen) atoms. The number of rotatable bonds is 10. The van der Waals surface area contributed by atoms with Crippen molar-refractivity contribution in [2.24, 2.45) is 11.7 Å². The van der Waals surface area contributed by atoms with Gasteiger partial charge in [-0.3, -0.25) is 4.79 Å². The number of methoxy groups -OCH3 is 4. The molecule has 3 aromatic rings. The van der Waals surface area contributed by atoms with Crippen LogP contribution in [0, 0.1) is 5.92 Å². The van der Waals surface area contributed by atoms with E-state index < -0.39 is 6.04 Å². The summed E-state index contributed by atoms with van der Waals surface area (Å²) in [6.07, 6.45) is 2.40. The van der Waals surface area contributed by atoms with E-state index in [0.717, 1.165) is 12.0 Å². The first-order valence-corrected chi connectivity index (χ1v) is 10.9. The molecule has 0 aliphatic carbocycles. The average molecular weight is 506 g/mol. The lowest BCUT2D eigenvalue weighted by atomic mass is 9.98. The second-order valence-electron chi connectivity index (χ2n) is 7.80. The Morgan fingerprint density at radius 1 is 1.00 bits per heavy atom. The lowest BCUT2D eigenvalue weighted by Gasteiger charge is -2.19. The first kappa shape index (κ1) is 27.8. The Labute approximate surface area is 211 Å². The second kappa shape index (κ2) is 12.3. The van der Waals surface area contributed by atoms with Crippen molar-refractivity contribution in [2.45, 2.75) is 26.3 Å². The molecule has 0 spiro atoms. The van der Waals surface area contributed by atoms with Crippen molar-refractivity contribution in [1.29, 1.82) is 0 Å². The zero-order chi connectivity index (χ0) is 24.8. The van der Waals surface area contributed by atoms with Gasteiger partial charge in [0.2, 0.25) is 11.7 Å². The van der Waals surface area contributed by atoms with Crippen LogP contribution in [-0.4, -0.2) is 45.5 Å². The number of ether oxygens (including phenoxy) is 4. The van der Waals surface area contributed by atoms with E-state index in [2.05, 4.69) is 10.5 Å². The van der Waals surface area contributed by atoms with E-state index in [-0.39, 0.29) is 24.2 Å². The van der Waals surface area contributed by atoms with Gasteiger partial charge in [0, 0.05) is 11.1 Å². The Morgan fingerprint density at radius 2 is 1.63 bits per heavy atom. The maximum absolute atomic E-state index is 12.7. The normalized spacial score (nSPS) is 12.2. The predicted molar refractivity (Wildman–Crippen MR) is 137 cm³/mol. The van der Waals surface area contributed by atoms with Crippen molar-refractivity contribution in [3.8, 4) is 45.4 Å². The maximum Gasteiger partial charge on any atom is 0.241 e. The standard InChI is InChI=1S/C25H31N3O6.ClH/c1-7-14(2)22(26)25(29)28-18-10-15(8-9-19(18)30-3)17-13-27-34-23(17)16-11-20(31-4)24(33-6)21(12-16)32-5;/h8-14,22H,7,26H2,1-6H3,(H,28,29);1H. The first-order chi connectivity index (χ1) is 16.4. The number of nitrogens with two attached hydrogens (primary N) is 1. The molecule has 0 aliphatic heterocycles. The number of anilines is 1. The number of nitrogens with one attached hydrogen (secondary N) is 1. The van der Waals surface area contributed by atoms with E-state index in [9.17, 15) is 4.79 Å². The molecule has 10 heteroatoms. The van der Waals surface area contributed by atoms with Gasteiger partial charge >= 0.3 is 0 Å². The SMILES string of the molecule is CCC(C)C(N)C(=O)Nc1cc(-c2cnoc2-c2cc(OC)c(OC)c(OC)c2)ccc1OC.Cl. The van der Waals surface area contributed by atoms with Crippen molar-refractivity contribution >= 4 is 24.0 Å². The van der Waals surface area contributed by atoms with E-state index in [4.69, 9.17) is 29.2 Å². The highest BCUT2D eigenvalue weighted by Crippen LogP contribution is 2.44. The zero-order valence-electron chi connectivity index (χ0n) is 20.7. The van der Waals surface area contributed by atoms with Crippen LogP contribution in [0.4, 0.5) is 5.69 Å². The quantitative estimate of drug-likeness (QED) is 0.404. The zero-order valence-corrected chi connectivity index (χ0v) is 21.5. The summed E-state index contributed by atoms with van der Waals surface area (Å²) in [5, 5.41) is 6.89. The van der Waals surface area contributed by atoms with Gasteiger partial charge in [-0.05, 0) is 35.7 Å². The second-order valence-corrected chi connectivity index (χ2v) is 7.80. The lowest BCUT2D eigenvalue weighted by molar-refractivity contribution is -0.118. The molecule has 190 valence electrons. The van der Waals surface area contributed by atoms with E-state index in [1.165, 1.54) is 0 Å². The summed E-state index contributed by atoms with van der Waals surface area (Å²) in [4.78, 5) is 12.7. The third kappa shape index (κ3) is 5.80. The number of amides is 1. The molecule has 2 atom stereocenters. The van der Waals surface area contributed by atoms with Crippen LogP contribution >= 0.6 is 12.4 Å². The minimum absolute atomic E-state index is 0. The minimum atomic E-state index is -0.635. The van der Waals surface area contributed by atoms with Gasteiger partial charge in [-0.2, -0.15) is 0 Å². The molecule has 9 nitrogen and oxygen atoms in total. The highest BCUT2D eigenvalue weighted by Gasteiger charge is 2.23. The average Bonchev–Trinajstić information content (AvgIpc) is 3.36. The third-order valence-electron chi connectivity index (χ3n) is 5.83. The van der Waals surface area contributed by atoms with Gasteiger partial charge in [-0.15, -0.1) is 12.4 Å². The molecule has 0 radical (unpaired) electrons. The molecular weight excluding hydrogens is 474 g/mol. The van der Waals surface area contributed by atoms with E-state index in [1.807, 2.05) is 19.9 Å². The fraction of sp³-hybridized carbons (Fsp3) is 0.360. The maximum atomic E-state index is 12.7. The molecule has 0 fully saturated rings. The van der Waals surface area contributed by atoms with Crippen LogP contribution in [-0.2, 0) is 4.79 Å². The van der Waals surface area contributed by atoms with Crippen molar-refractivity contribution in [1.82, 2.24) is 5.16 Å². The largest absolute Gasteiger partial charge is 0.495 e. The molecule has 0 bridgehead atoms. The monoisotopic (exact) mass is 505 g/mol. The summed E-state index contributed by atoms with van der Waals surface area (Å²) in [5.41, 5.74) is 8.76. The molecule has 0 aliphatic rings. The van der Waals surface area contributed by atoms with Crippen molar-refractivity contribution in [2.75, 3.05) is 33.8 Å². The van der Waals surface area contributed by atoms with E-state index in [1.54, 1.807) is 58.9 Å². The van der Waals surface area contributed by atoms with Crippen LogP contribution < -0.4 is 30.0 Å². The molecular formula is C25H32ClN3O6. The molecule has 1 amide bonds. The predicted octanol–water partition coefficient (Wildman–Crippen LogP) is 4.78. The number of hydrogen-bond donors (Lipinski definition) is 2. The fourth-order valence-electron chi connectivity index (χ4n) is 3.57. The Hall–Kier alpha value is -3.43. The highest BCUT2D eigenvalue weighted by molar-refractivity contribution is 5.97. The number of carbonyl (C=O) groups excluding carboxylic acids is 1. The first-order valence-electron chi connectivity index (χ1n) is 10.9. The smallest absolute Gasteiger partial charge is 0.241 e. The number of benzene rings is 2. The van der Waals surface area contributed by atoms with E-state index >= 15 is 0 Å². The minimum Gasteiger partial charge on any atom is -0.495 e. The summed E-state index contributed by atoms with van der Waals surface area (Å²) in [6, 6.07) is 8.35. The molecule has 2 unspecified atom stereocenters. The topological polar surface area (TPSA) is 118 Å². The van der Waals surface area contributed by atoms with Crippen LogP contribution in [0.5, 0.6) is 23.0 Å². The van der Waals surface area contributed by atoms with Crippen LogP contribution in [0.1, 0.15) is 20.3 Å². The fourth-order valence-corrected chi connectivity index (χ4v) is 3.57. The van der Waals surface area contributed by atoms with Gasteiger partial charge < -0.3 is 34.5 Å². The molecule has 3 rings (SSSR count). The van der Waals surface area contributed by atoms with Gasteiger partial charge in [0.1, 0.15) is 5.75 Å². The summed E-state index contributed by atoms with van der Waals surface area (Å²) in [6.45, 7) is 3.94. The van der Waals surface area contributed by atoms with Gasteiger partial charge in [-0.1, -0.05) is 31.5 Å². The number of carbonyl (C=O) groups is 1. The Bertz CT molecular complexity index is 1120. The number of nitrogens with zero attached hydrogens (tertiary/aromatic N) is 1. The Morgan fingerprint density at radius 3 is 2.17 bits per heavy atom. The van der Waals surface area contributed by atoms with Gasteiger partial charge in [0.05, 0.1) is 46.4 Å². The molecule has 2 aromatic carbocycles. The molecule has 0 saturated carbocycles.